The molecule has 4 rings (SSSR count). The van der Waals surface area contributed by atoms with Gasteiger partial charge < -0.3 is 9.32 Å². The van der Waals surface area contributed by atoms with E-state index in [-0.39, 0.29) is 37.7 Å². The number of sulfonamides is 1. The molecule has 0 spiro atoms. The molecule has 2 heterocycles. The van der Waals surface area contributed by atoms with E-state index in [1.54, 1.807) is 6.92 Å². The molecule has 0 radical (unpaired) electrons. The van der Waals surface area contributed by atoms with Crippen molar-refractivity contribution < 1.29 is 35.6 Å². The van der Waals surface area contributed by atoms with Crippen LogP contribution in [0.3, 0.4) is 0 Å². The molecule has 1 aromatic carbocycles. The Labute approximate surface area is 176 Å². The van der Waals surface area contributed by atoms with Crippen LogP contribution in [0.5, 0.6) is 0 Å². The van der Waals surface area contributed by atoms with Gasteiger partial charge in [0.2, 0.25) is 10.0 Å². The minimum Gasteiger partial charge on any atom is -0.455 e. The molecule has 7 nitrogen and oxygen atoms in total. The van der Waals surface area contributed by atoms with E-state index >= 15 is 0 Å². The number of halogens is 3. The number of furan rings is 1. The van der Waals surface area contributed by atoms with Crippen LogP contribution in [0, 0.1) is 24.4 Å². The normalized spacial score (nSPS) is 17.7. The highest BCUT2D eigenvalue weighted by atomic mass is 32.2. The highest BCUT2D eigenvalue weighted by molar-refractivity contribution is 7.89. The number of fused-ring (bicyclic) bond motifs is 1. The molecule has 1 aliphatic carbocycles. The maximum absolute atomic E-state index is 14.0. The number of benzene rings is 1. The Morgan fingerprint density at radius 1 is 1.03 bits per heavy atom. The van der Waals surface area contributed by atoms with Gasteiger partial charge in [0.15, 0.2) is 29.0 Å². The zero-order chi connectivity index (χ0) is 22.5. The number of Topliss-reactive ketones (excluding diaryl/α,β-unsaturated/α-hetero) is 1. The van der Waals surface area contributed by atoms with E-state index < -0.39 is 38.3 Å². The standard InChI is InChI=1S/C20H19F3N2O5S/c1-11-16-13(26)3-2-4-14(16)30-19(11)20(27)24-7-9-25(10-8-24)31(28,29)15-6-5-12(21)17(22)18(15)23/h5-6H,2-4,7-10H2,1H3. The van der Waals surface area contributed by atoms with Crippen molar-refractivity contribution >= 4 is 21.7 Å². The van der Waals surface area contributed by atoms with Crippen molar-refractivity contribution in [2.75, 3.05) is 26.2 Å². The third-order valence-electron chi connectivity index (χ3n) is 5.64. The number of rotatable bonds is 3. The second-order valence-corrected chi connectivity index (χ2v) is 9.41. The number of carbonyl (C=O) groups is 2. The van der Waals surface area contributed by atoms with Crippen LogP contribution >= 0.6 is 0 Å². The number of hydrogen-bond acceptors (Lipinski definition) is 5. The molecule has 1 aliphatic heterocycles. The summed E-state index contributed by atoms with van der Waals surface area (Å²) >= 11 is 0. The molecule has 1 aromatic heterocycles. The first-order valence-corrected chi connectivity index (χ1v) is 11.1. The Hall–Kier alpha value is -2.66. The Bertz CT molecular complexity index is 1180. The number of ketones is 1. The quantitative estimate of drug-likeness (QED) is 0.663. The summed E-state index contributed by atoms with van der Waals surface area (Å²) < 4.78 is 72.5. The van der Waals surface area contributed by atoms with Crippen molar-refractivity contribution in [2.45, 2.75) is 31.1 Å². The summed E-state index contributed by atoms with van der Waals surface area (Å²) in [6.45, 7) is 1.30. The lowest BCUT2D eigenvalue weighted by Gasteiger charge is -2.33. The summed E-state index contributed by atoms with van der Waals surface area (Å²) in [6, 6.07) is 1.22. The van der Waals surface area contributed by atoms with Crippen LogP contribution in [0.4, 0.5) is 13.2 Å². The Morgan fingerprint density at radius 3 is 2.35 bits per heavy atom. The van der Waals surface area contributed by atoms with Crippen molar-refractivity contribution in [3.8, 4) is 0 Å². The first-order valence-electron chi connectivity index (χ1n) is 9.71. The van der Waals surface area contributed by atoms with Crippen molar-refractivity contribution in [3.63, 3.8) is 0 Å². The smallest absolute Gasteiger partial charge is 0.289 e. The SMILES string of the molecule is Cc1c(C(=O)N2CCN(S(=O)(=O)c3ccc(F)c(F)c3F)CC2)oc2c1C(=O)CCC2. The molecule has 0 saturated carbocycles. The van der Waals surface area contributed by atoms with E-state index in [0.29, 0.717) is 48.3 Å². The van der Waals surface area contributed by atoms with Gasteiger partial charge in [0.05, 0.1) is 5.56 Å². The molecule has 0 N–H and O–H groups in total. The predicted molar refractivity (Wildman–Crippen MR) is 102 cm³/mol. The van der Waals surface area contributed by atoms with E-state index in [1.807, 2.05) is 0 Å². The first-order chi connectivity index (χ1) is 14.6. The van der Waals surface area contributed by atoms with Crippen LogP contribution < -0.4 is 0 Å². The summed E-state index contributed by atoms with van der Waals surface area (Å²) in [5.41, 5.74) is 0.924. The van der Waals surface area contributed by atoms with Gasteiger partial charge in [-0.1, -0.05) is 0 Å². The van der Waals surface area contributed by atoms with Crippen LogP contribution in [-0.4, -0.2) is 55.5 Å². The average Bonchev–Trinajstić information content (AvgIpc) is 3.09. The van der Waals surface area contributed by atoms with Crippen molar-refractivity contribution in [1.82, 2.24) is 9.21 Å². The molecular formula is C20H19F3N2O5S. The summed E-state index contributed by atoms with van der Waals surface area (Å²) in [4.78, 5) is 25.5. The number of amides is 1. The van der Waals surface area contributed by atoms with Crippen molar-refractivity contribution in [1.29, 1.82) is 0 Å². The average molecular weight is 456 g/mol. The van der Waals surface area contributed by atoms with E-state index in [1.165, 1.54) is 4.90 Å². The number of hydrogen-bond donors (Lipinski definition) is 0. The van der Waals surface area contributed by atoms with Crippen LogP contribution in [0.1, 0.15) is 45.1 Å². The zero-order valence-electron chi connectivity index (χ0n) is 16.6. The van der Waals surface area contributed by atoms with Crippen LogP contribution in [-0.2, 0) is 16.4 Å². The number of nitrogens with zero attached hydrogens (tertiary/aromatic N) is 2. The maximum Gasteiger partial charge on any atom is 0.289 e. The fraction of sp³-hybridized carbons (Fsp3) is 0.400. The lowest BCUT2D eigenvalue weighted by Crippen LogP contribution is -2.50. The lowest BCUT2D eigenvalue weighted by molar-refractivity contribution is 0.0662. The van der Waals surface area contributed by atoms with Gasteiger partial charge in [-0.3, -0.25) is 9.59 Å². The van der Waals surface area contributed by atoms with Crippen LogP contribution in [0.25, 0.3) is 0 Å². The highest BCUT2D eigenvalue weighted by Gasteiger charge is 2.36. The fourth-order valence-corrected chi connectivity index (χ4v) is 5.45. The number of aryl methyl sites for hydroxylation is 1. The summed E-state index contributed by atoms with van der Waals surface area (Å²) in [6.07, 6.45) is 1.63. The van der Waals surface area contributed by atoms with Crippen LogP contribution in [0.2, 0.25) is 0 Å². The zero-order valence-corrected chi connectivity index (χ0v) is 17.4. The topological polar surface area (TPSA) is 87.9 Å². The van der Waals surface area contributed by atoms with Gasteiger partial charge in [0.1, 0.15) is 10.7 Å². The maximum atomic E-state index is 14.0. The number of piperazine rings is 1. The Kier molecular flexibility index (Phi) is 5.42. The molecule has 2 aromatic rings. The molecule has 1 amide bonds. The molecule has 166 valence electrons. The highest BCUT2D eigenvalue weighted by Crippen LogP contribution is 2.30. The van der Waals surface area contributed by atoms with E-state index in [0.717, 1.165) is 4.31 Å². The summed E-state index contributed by atoms with van der Waals surface area (Å²) in [5, 5.41) is 0. The molecule has 1 fully saturated rings. The fourth-order valence-electron chi connectivity index (χ4n) is 3.97. The largest absolute Gasteiger partial charge is 0.455 e. The number of carbonyl (C=O) groups excluding carboxylic acids is 2. The van der Waals surface area contributed by atoms with Gasteiger partial charge in [-0.15, -0.1) is 0 Å². The lowest BCUT2D eigenvalue weighted by atomic mass is 9.94. The minimum absolute atomic E-state index is 0.0118. The summed E-state index contributed by atoms with van der Waals surface area (Å²) in [7, 11) is -4.42. The minimum atomic E-state index is -4.42. The second-order valence-electron chi connectivity index (χ2n) is 7.50. The van der Waals surface area contributed by atoms with Gasteiger partial charge in [0.25, 0.3) is 5.91 Å². The van der Waals surface area contributed by atoms with Crippen molar-refractivity contribution in [3.05, 3.63) is 52.2 Å². The third-order valence-corrected chi connectivity index (χ3v) is 7.56. The van der Waals surface area contributed by atoms with Gasteiger partial charge >= 0.3 is 0 Å². The molecule has 1 saturated heterocycles. The predicted octanol–water partition coefficient (Wildman–Crippen LogP) is 2.67. The van der Waals surface area contributed by atoms with E-state index in [9.17, 15) is 31.2 Å². The Morgan fingerprint density at radius 2 is 1.71 bits per heavy atom. The molecule has 11 heteroatoms. The van der Waals surface area contributed by atoms with E-state index in [4.69, 9.17) is 4.42 Å². The van der Waals surface area contributed by atoms with Crippen molar-refractivity contribution in [2.24, 2.45) is 0 Å². The second kappa shape index (κ2) is 7.79. The molecule has 0 unspecified atom stereocenters. The Balaban J connectivity index is 1.51. The summed E-state index contributed by atoms with van der Waals surface area (Å²) in [5.74, 6) is -5.10. The van der Waals surface area contributed by atoms with Gasteiger partial charge in [-0.05, 0) is 25.5 Å². The third kappa shape index (κ3) is 3.55. The monoisotopic (exact) mass is 456 g/mol. The van der Waals surface area contributed by atoms with E-state index in [2.05, 4.69) is 0 Å². The van der Waals surface area contributed by atoms with Gasteiger partial charge in [-0.25, -0.2) is 21.6 Å². The molecule has 0 atom stereocenters. The van der Waals surface area contributed by atoms with Gasteiger partial charge in [0, 0.05) is 44.6 Å². The first kappa shape index (κ1) is 21.6. The van der Waals surface area contributed by atoms with Crippen LogP contribution in [0.15, 0.2) is 21.4 Å². The molecule has 0 bridgehead atoms. The molecular weight excluding hydrogens is 437 g/mol. The molecule has 2 aliphatic rings. The van der Waals surface area contributed by atoms with Gasteiger partial charge in [-0.2, -0.15) is 4.31 Å². The molecule has 31 heavy (non-hydrogen) atoms.